The summed E-state index contributed by atoms with van der Waals surface area (Å²) in [4.78, 5) is 14.0. The molecule has 1 fully saturated rings. The monoisotopic (exact) mass is 333 g/mol. The number of likely N-dealkylation sites (tertiary alicyclic amines) is 1. The molecule has 5 nitrogen and oxygen atoms in total. The van der Waals surface area contributed by atoms with Gasteiger partial charge in [0.2, 0.25) is 5.91 Å². The van der Waals surface area contributed by atoms with Gasteiger partial charge in [-0.15, -0.1) is 0 Å². The summed E-state index contributed by atoms with van der Waals surface area (Å²) >= 11 is 0. The summed E-state index contributed by atoms with van der Waals surface area (Å²) in [6.07, 6.45) is 1.05. The molecule has 0 unspecified atom stereocenters. The molecule has 1 amide bonds. The minimum Gasteiger partial charge on any atom is -0.396 e. The van der Waals surface area contributed by atoms with Crippen molar-refractivity contribution in [3.63, 3.8) is 0 Å². The van der Waals surface area contributed by atoms with Crippen LogP contribution in [0.15, 0.2) is 6.20 Å². The molecule has 0 spiro atoms. The van der Waals surface area contributed by atoms with Crippen LogP contribution in [0.3, 0.4) is 0 Å². The van der Waals surface area contributed by atoms with Crippen molar-refractivity contribution in [2.24, 2.45) is 0 Å². The molecule has 1 aliphatic heterocycles. The Morgan fingerprint density at radius 1 is 1.22 bits per heavy atom. The fourth-order valence-electron chi connectivity index (χ4n) is 2.79. The van der Waals surface area contributed by atoms with Gasteiger partial charge < -0.3 is 10.0 Å². The average Bonchev–Trinajstić information content (AvgIpc) is 2.71. The van der Waals surface area contributed by atoms with Gasteiger partial charge in [0.05, 0.1) is 0 Å². The number of carbonyl (C=O) groups is 1. The predicted molar refractivity (Wildman–Crippen MR) is 77.7 cm³/mol. The van der Waals surface area contributed by atoms with Gasteiger partial charge in [-0.1, -0.05) is 12.8 Å². The molecule has 0 aromatic carbocycles. The van der Waals surface area contributed by atoms with Gasteiger partial charge in [-0.05, 0) is 25.7 Å². The van der Waals surface area contributed by atoms with Crippen molar-refractivity contribution in [3.05, 3.63) is 17.5 Å². The summed E-state index contributed by atoms with van der Waals surface area (Å²) in [5.41, 5.74) is -0.940. The fourth-order valence-corrected chi connectivity index (χ4v) is 2.79. The summed E-state index contributed by atoms with van der Waals surface area (Å²) < 4.78 is 40.1. The molecule has 1 N–H and O–H groups in total. The topological polar surface area (TPSA) is 58.4 Å². The third kappa shape index (κ3) is 4.95. The van der Waals surface area contributed by atoms with E-state index in [1.807, 2.05) is 0 Å². The first-order chi connectivity index (χ1) is 10.9. The third-order valence-electron chi connectivity index (χ3n) is 3.97. The van der Waals surface area contributed by atoms with Crippen LogP contribution in [0.5, 0.6) is 0 Å². The molecule has 0 atom stereocenters. The number of nitrogens with zero attached hydrogens (tertiary/aromatic N) is 3. The predicted octanol–water partition coefficient (Wildman–Crippen LogP) is 2.23. The Morgan fingerprint density at radius 2 is 1.87 bits per heavy atom. The van der Waals surface area contributed by atoms with E-state index in [-0.39, 0.29) is 37.5 Å². The Balaban J connectivity index is 2.09. The summed E-state index contributed by atoms with van der Waals surface area (Å²) in [7, 11) is 0. The minimum absolute atomic E-state index is 0.0233. The van der Waals surface area contributed by atoms with Crippen molar-refractivity contribution in [1.82, 2.24) is 14.7 Å². The van der Waals surface area contributed by atoms with Crippen molar-refractivity contribution in [1.29, 1.82) is 0 Å². The van der Waals surface area contributed by atoms with E-state index in [2.05, 4.69) is 5.10 Å². The number of rotatable bonds is 5. The van der Waals surface area contributed by atoms with Crippen LogP contribution in [-0.4, -0.2) is 45.4 Å². The molecule has 0 aliphatic carbocycles. The quantitative estimate of drug-likeness (QED) is 0.899. The van der Waals surface area contributed by atoms with Gasteiger partial charge in [0.1, 0.15) is 6.54 Å². The molecule has 0 saturated carbocycles. The summed E-state index contributed by atoms with van der Waals surface area (Å²) in [5, 5.41) is 12.4. The van der Waals surface area contributed by atoms with E-state index >= 15 is 0 Å². The lowest BCUT2D eigenvalue weighted by molar-refractivity contribution is -0.142. The number of aliphatic hydroxyl groups is 1. The maximum atomic E-state index is 13.0. The van der Waals surface area contributed by atoms with Crippen LogP contribution in [0.25, 0.3) is 0 Å². The first-order valence-electron chi connectivity index (χ1n) is 7.94. The normalized spacial score (nSPS) is 16.4. The number of aryl methyl sites for hydroxylation is 1. The molecule has 1 aromatic rings. The number of alkyl halides is 3. The lowest BCUT2D eigenvalue weighted by Gasteiger charge is -2.20. The van der Waals surface area contributed by atoms with Crippen LogP contribution in [0.2, 0.25) is 0 Å². The molecule has 1 aliphatic rings. The van der Waals surface area contributed by atoms with Gasteiger partial charge in [0, 0.05) is 31.5 Å². The van der Waals surface area contributed by atoms with Crippen molar-refractivity contribution in [2.75, 3.05) is 19.7 Å². The van der Waals surface area contributed by atoms with Gasteiger partial charge in [0.15, 0.2) is 5.69 Å². The maximum absolute atomic E-state index is 13.0. The maximum Gasteiger partial charge on any atom is 0.435 e. The summed E-state index contributed by atoms with van der Waals surface area (Å²) in [5.74, 6) is -0.197. The van der Waals surface area contributed by atoms with E-state index in [0.29, 0.717) is 13.1 Å². The number of hydrogen-bond donors (Lipinski definition) is 1. The molecule has 130 valence electrons. The second-order valence-corrected chi connectivity index (χ2v) is 5.82. The average molecular weight is 333 g/mol. The number of halogens is 3. The molecule has 8 heteroatoms. The molecule has 2 heterocycles. The fraction of sp³-hybridized carbons (Fsp3) is 0.733. The molecule has 23 heavy (non-hydrogen) atoms. The minimum atomic E-state index is -4.55. The zero-order valence-corrected chi connectivity index (χ0v) is 13.0. The highest BCUT2D eigenvalue weighted by molar-refractivity contribution is 5.75. The van der Waals surface area contributed by atoms with E-state index in [9.17, 15) is 18.0 Å². The van der Waals surface area contributed by atoms with E-state index in [4.69, 9.17) is 5.11 Å². The second kappa shape index (κ2) is 7.81. The Labute approximate surface area is 133 Å². The third-order valence-corrected chi connectivity index (χ3v) is 3.97. The Hall–Kier alpha value is -1.57. The van der Waals surface area contributed by atoms with Crippen molar-refractivity contribution in [2.45, 2.75) is 51.2 Å². The van der Waals surface area contributed by atoms with Crippen molar-refractivity contribution >= 4 is 5.91 Å². The molecule has 2 rings (SSSR count). The molecule has 0 radical (unpaired) electrons. The molecular formula is C15H22F3N3O2. The van der Waals surface area contributed by atoms with Crippen molar-refractivity contribution in [3.8, 4) is 0 Å². The van der Waals surface area contributed by atoms with Crippen LogP contribution in [0, 0.1) is 0 Å². The number of hydrogen-bond acceptors (Lipinski definition) is 3. The number of aliphatic hydroxyl groups excluding tert-OH is 1. The van der Waals surface area contributed by atoms with Crippen LogP contribution in [0.4, 0.5) is 13.2 Å². The van der Waals surface area contributed by atoms with Crippen LogP contribution < -0.4 is 0 Å². The van der Waals surface area contributed by atoms with Crippen LogP contribution in [-0.2, 0) is 23.9 Å². The Bertz CT molecular complexity index is 521. The molecule has 0 bridgehead atoms. The molecule has 1 aromatic heterocycles. The first kappa shape index (κ1) is 17.8. The number of amides is 1. The zero-order valence-electron chi connectivity index (χ0n) is 13.0. The summed E-state index contributed by atoms with van der Waals surface area (Å²) in [6, 6.07) is 0. The Kier molecular flexibility index (Phi) is 6.04. The lowest BCUT2D eigenvalue weighted by Crippen LogP contribution is -2.34. The largest absolute Gasteiger partial charge is 0.435 e. The van der Waals surface area contributed by atoms with Gasteiger partial charge in [0.25, 0.3) is 0 Å². The summed E-state index contributed by atoms with van der Waals surface area (Å²) in [6.45, 7) is 0.949. The van der Waals surface area contributed by atoms with Gasteiger partial charge in [-0.2, -0.15) is 18.3 Å². The van der Waals surface area contributed by atoms with Gasteiger partial charge >= 0.3 is 6.18 Å². The van der Waals surface area contributed by atoms with Gasteiger partial charge in [-0.3, -0.25) is 9.48 Å². The first-order valence-corrected chi connectivity index (χ1v) is 7.94. The molecule has 1 saturated heterocycles. The number of carbonyl (C=O) groups excluding carboxylic acids is 1. The lowest BCUT2D eigenvalue weighted by atomic mass is 10.1. The highest BCUT2D eigenvalue weighted by atomic mass is 19.4. The van der Waals surface area contributed by atoms with E-state index < -0.39 is 11.9 Å². The SMILES string of the molecule is O=C(Cn1cc(CCCO)c(C(F)(F)F)n1)N1CCCCCC1. The second-order valence-electron chi connectivity index (χ2n) is 5.82. The van der Waals surface area contributed by atoms with E-state index in [0.717, 1.165) is 30.4 Å². The standard InChI is InChI=1S/C15H22F3N3O2/c16-15(17,18)14-12(6-5-9-22)10-21(19-14)11-13(23)20-7-3-1-2-4-8-20/h10,22H,1-9,11H2. The smallest absolute Gasteiger partial charge is 0.396 e. The van der Waals surface area contributed by atoms with Crippen LogP contribution in [0.1, 0.15) is 43.4 Å². The Morgan fingerprint density at radius 3 is 2.43 bits per heavy atom. The van der Waals surface area contributed by atoms with Gasteiger partial charge in [-0.25, -0.2) is 0 Å². The highest BCUT2D eigenvalue weighted by Crippen LogP contribution is 2.31. The number of aromatic nitrogens is 2. The molecular weight excluding hydrogens is 311 g/mol. The van der Waals surface area contributed by atoms with E-state index in [1.54, 1.807) is 4.90 Å². The van der Waals surface area contributed by atoms with Crippen LogP contribution >= 0.6 is 0 Å². The zero-order chi connectivity index (χ0) is 16.9. The van der Waals surface area contributed by atoms with Crippen molar-refractivity contribution < 1.29 is 23.1 Å². The highest BCUT2D eigenvalue weighted by Gasteiger charge is 2.37. The van der Waals surface area contributed by atoms with E-state index in [1.165, 1.54) is 6.20 Å².